The molecule has 2 aliphatic heterocycles. The molecule has 0 radical (unpaired) electrons. The van der Waals surface area contributed by atoms with Crippen LogP contribution in [-0.4, -0.2) is 28.9 Å². The highest BCUT2D eigenvalue weighted by Gasteiger charge is 2.34. The van der Waals surface area contributed by atoms with Crippen molar-refractivity contribution < 1.29 is 9.59 Å². The standard InChI is InChI=1S/C27H31N3O2/c1-6-12-30-24-13-18(2)21(14-22(24)19(3)16-27(30,4)5)15-23-25(31)29(26(32)28-23)17-20-10-8-7-9-11-20/h7-11,13-16H,6,12,17H2,1-5H3,(H,28,32)/b23-15+. The first-order valence-electron chi connectivity index (χ1n) is 11.2. The number of benzene rings is 2. The molecule has 0 bridgehead atoms. The maximum Gasteiger partial charge on any atom is 0.329 e. The van der Waals surface area contributed by atoms with Gasteiger partial charge in [0.15, 0.2) is 0 Å². The number of carbonyl (C=O) groups is 2. The van der Waals surface area contributed by atoms with Crippen LogP contribution in [0, 0.1) is 6.92 Å². The quantitative estimate of drug-likeness (QED) is 0.504. The number of hydrogen-bond donors (Lipinski definition) is 1. The molecule has 0 saturated carbocycles. The number of rotatable bonds is 5. The van der Waals surface area contributed by atoms with Crippen molar-refractivity contribution >= 4 is 29.3 Å². The molecule has 0 atom stereocenters. The predicted molar refractivity (Wildman–Crippen MR) is 130 cm³/mol. The highest BCUT2D eigenvalue weighted by atomic mass is 16.2. The first-order valence-corrected chi connectivity index (χ1v) is 11.2. The van der Waals surface area contributed by atoms with Gasteiger partial charge < -0.3 is 10.2 Å². The Kier molecular flexibility index (Phi) is 5.68. The Hall–Kier alpha value is -3.34. The van der Waals surface area contributed by atoms with Gasteiger partial charge in [0, 0.05) is 17.8 Å². The Morgan fingerprint density at radius 3 is 2.47 bits per heavy atom. The van der Waals surface area contributed by atoms with Crippen LogP contribution in [0.1, 0.15) is 56.4 Å². The first kappa shape index (κ1) is 21.9. The van der Waals surface area contributed by atoms with E-state index in [1.54, 1.807) is 6.08 Å². The van der Waals surface area contributed by atoms with Crippen LogP contribution >= 0.6 is 0 Å². The normalized spacial score (nSPS) is 18.7. The van der Waals surface area contributed by atoms with E-state index in [0.29, 0.717) is 5.70 Å². The number of urea groups is 1. The SMILES string of the molecule is CCCN1c2cc(C)c(/C=C3/NC(=O)N(Cc4ccccc4)C3=O)cc2C(C)=CC1(C)C. The highest BCUT2D eigenvalue weighted by Crippen LogP contribution is 2.40. The molecule has 166 valence electrons. The molecule has 32 heavy (non-hydrogen) atoms. The molecule has 0 aromatic heterocycles. The van der Waals surface area contributed by atoms with E-state index in [-0.39, 0.29) is 24.0 Å². The number of fused-ring (bicyclic) bond motifs is 1. The van der Waals surface area contributed by atoms with E-state index in [4.69, 9.17) is 0 Å². The number of aryl methyl sites for hydroxylation is 1. The average Bonchev–Trinajstić information content (AvgIpc) is 3.00. The van der Waals surface area contributed by atoms with Gasteiger partial charge in [-0.25, -0.2) is 4.79 Å². The fourth-order valence-electron chi connectivity index (χ4n) is 4.67. The molecule has 5 nitrogen and oxygen atoms in total. The van der Waals surface area contributed by atoms with Crippen molar-refractivity contribution in [1.29, 1.82) is 0 Å². The minimum absolute atomic E-state index is 0.0488. The number of anilines is 1. The Labute approximate surface area is 190 Å². The third-order valence-corrected chi connectivity index (χ3v) is 6.26. The van der Waals surface area contributed by atoms with Gasteiger partial charge in [-0.05, 0) is 74.6 Å². The summed E-state index contributed by atoms with van der Waals surface area (Å²) in [6.45, 7) is 12.1. The number of hydrogen-bond acceptors (Lipinski definition) is 3. The van der Waals surface area contributed by atoms with Crippen LogP contribution < -0.4 is 10.2 Å². The molecule has 2 aliphatic rings. The van der Waals surface area contributed by atoms with Crippen molar-refractivity contribution in [2.45, 2.75) is 53.1 Å². The summed E-state index contributed by atoms with van der Waals surface area (Å²) in [5, 5.41) is 2.76. The number of nitrogens with zero attached hydrogens (tertiary/aromatic N) is 2. The summed E-state index contributed by atoms with van der Waals surface area (Å²) < 4.78 is 0. The van der Waals surface area contributed by atoms with Crippen molar-refractivity contribution in [1.82, 2.24) is 10.2 Å². The summed E-state index contributed by atoms with van der Waals surface area (Å²) in [7, 11) is 0. The molecule has 1 N–H and O–H groups in total. The third kappa shape index (κ3) is 3.95. The fraction of sp³-hybridized carbons (Fsp3) is 0.333. The third-order valence-electron chi connectivity index (χ3n) is 6.26. The lowest BCUT2D eigenvalue weighted by Crippen LogP contribution is -2.45. The number of imide groups is 1. The lowest BCUT2D eigenvalue weighted by Gasteiger charge is -2.43. The lowest BCUT2D eigenvalue weighted by molar-refractivity contribution is -0.123. The minimum Gasteiger partial charge on any atom is -0.362 e. The molecular weight excluding hydrogens is 398 g/mol. The minimum atomic E-state index is -0.382. The zero-order valence-electron chi connectivity index (χ0n) is 19.5. The zero-order valence-corrected chi connectivity index (χ0v) is 19.5. The van der Waals surface area contributed by atoms with Gasteiger partial charge in [0.2, 0.25) is 0 Å². The molecule has 0 spiro atoms. The summed E-state index contributed by atoms with van der Waals surface area (Å²) in [5.41, 5.74) is 6.83. The lowest BCUT2D eigenvalue weighted by atomic mass is 9.86. The number of carbonyl (C=O) groups excluding carboxylic acids is 2. The molecule has 3 amide bonds. The van der Waals surface area contributed by atoms with Crippen LogP contribution in [0.2, 0.25) is 0 Å². The Bertz CT molecular complexity index is 1130. The van der Waals surface area contributed by atoms with Gasteiger partial charge in [0.05, 0.1) is 12.1 Å². The summed E-state index contributed by atoms with van der Waals surface area (Å²) in [5.74, 6) is -0.294. The number of allylic oxidation sites excluding steroid dienone is 1. The smallest absolute Gasteiger partial charge is 0.329 e. The molecule has 0 aliphatic carbocycles. The molecule has 2 aromatic carbocycles. The zero-order chi connectivity index (χ0) is 23.0. The maximum atomic E-state index is 13.0. The second-order valence-corrected chi connectivity index (χ2v) is 9.22. The molecule has 0 unspecified atom stereocenters. The summed E-state index contributed by atoms with van der Waals surface area (Å²) in [6, 6.07) is 13.5. The Morgan fingerprint density at radius 1 is 1.06 bits per heavy atom. The Morgan fingerprint density at radius 2 is 1.78 bits per heavy atom. The van der Waals surface area contributed by atoms with Gasteiger partial charge in [-0.1, -0.05) is 43.3 Å². The molecule has 5 heteroatoms. The largest absolute Gasteiger partial charge is 0.362 e. The van der Waals surface area contributed by atoms with E-state index >= 15 is 0 Å². The molecule has 2 aromatic rings. The molecule has 2 heterocycles. The topological polar surface area (TPSA) is 52.7 Å². The van der Waals surface area contributed by atoms with Gasteiger partial charge in [-0.15, -0.1) is 0 Å². The number of amides is 3. The fourth-order valence-corrected chi connectivity index (χ4v) is 4.67. The maximum absolute atomic E-state index is 13.0. The van der Waals surface area contributed by atoms with Crippen molar-refractivity contribution in [2.75, 3.05) is 11.4 Å². The molecule has 4 rings (SSSR count). The molecule has 1 saturated heterocycles. The number of nitrogens with one attached hydrogen (secondary N) is 1. The van der Waals surface area contributed by atoms with Crippen molar-refractivity contribution in [3.05, 3.63) is 76.5 Å². The van der Waals surface area contributed by atoms with E-state index in [1.807, 2.05) is 30.3 Å². The monoisotopic (exact) mass is 429 g/mol. The van der Waals surface area contributed by atoms with Gasteiger partial charge in [-0.2, -0.15) is 0 Å². The van der Waals surface area contributed by atoms with Gasteiger partial charge >= 0.3 is 6.03 Å². The van der Waals surface area contributed by atoms with Crippen LogP contribution in [-0.2, 0) is 11.3 Å². The predicted octanol–water partition coefficient (Wildman–Crippen LogP) is 5.50. The van der Waals surface area contributed by atoms with Crippen molar-refractivity contribution in [3.63, 3.8) is 0 Å². The van der Waals surface area contributed by atoms with E-state index in [0.717, 1.165) is 29.7 Å². The summed E-state index contributed by atoms with van der Waals surface area (Å²) in [6.07, 6.45) is 5.18. The summed E-state index contributed by atoms with van der Waals surface area (Å²) >= 11 is 0. The second kappa shape index (κ2) is 8.30. The van der Waals surface area contributed by atoms with Crippen LogP contribution in [0.4, 0.5) is 10.5 Å². The van der Waals surface area contributed by atoms with Crippen LogP contribution in [0.5, 0.6) is 0 Å². The van der Waals surface area contributed by atoms with E-state index < -0.39 is 0 Å². The van der Waals surface area contributed by atoms with E-state index in [9.17, 15) is 9.59 Å². The Balaban J connectivity index is 1.67. The van der Waals surface area contributed by atoms with Crippen LogP contribution in [0.25, 0.3) is 11.6 Å². The van der Waals surface area contributed by atoms with Crippen LogP contribution in [0.15, 0.2) is 54.2 Å². The second-order valence-electron chi connectivity index (χ2n) is 9.22. The van der Waals surface area contributed by atoms with Gasteiger partial charge in [-0.3, -0.25) is 9.69 Å². The van der Waals surface area contributed by atoms with Crippen LogP contribution in [0.3, 0.4) is 0 Å². The molecular formula is C27H31N3O2. The highest BCUT2D eigenvalue weighted by molar-refractivity contribution is 6.14. The van der Waals surface area contributed by atoms with Gasteiger partial charge in [0.25, 0.3) is 5.91 Å². The van der Waals surface area contributed by atoms with E-state index in [1.165, 1.54) is 21.7 Å². The first-order chi connectivity index (χ1) is 15.2. The van der Waals surface area contributed by atoms with Gasteiger partial charge in [0.1, 0.15) is 5.70 Å². The molecule has 1 fully saturated rings. The van der Waals surface area contributed by atoms with Crippen molar-refractivity contribution in [3.8, 4) is 0 Å². The van der Waals surface area contributed by atoms with E-state index in [2.05, 4.69) is 63.0 Å². The van der Waals surface area contributed by atoms with Crippen molar-refractivity contribution in [2.24, 2.45) is 0 Å². The summed E-state index contributed by atoms with van der Waals surface area (Å²) in [4.78, 5) is 29.2. The average molecular weight is 430 g/mol.